The van der Waals surface area contributed by atoms with Crippen molar-refractivity contribution >= 4 is 15.7 Å². The predicted molar refractivity (Wildman–Crippen MR) is 80.6 cm³/mol. The molecule has 0 aliphatic carbocycles. The van der Waals surface area contributed by atoms with Crippen LogP contribution in [-0.4, -0.2) is 31.8 Å². The molecule has 0 spiro atoms. The van der Waals surface area contributed by atoms with Crippen molar-refractivity contribution in [2.45, 2.75) is 24.8 Å². The largest absolute Gasteiger partial charge is 0.444 e. The number of hydrogen-bond acceptors (Lipinski definition) is 5. The van der Waals surface area contributed by atoms with E-state index in [-0.39, 0.29) is 10.9 Å². The minimum absolute atomic E-state index is 0.227. The first kappa shape index (κ1) is 15.5. The first-order valence-corrected chi connectivity index (χ1v) is 7.97. The van der Waals surface area contributed by atoms with Crippen molar-refractivity contribution in [2.75, 3.05) is 19.4 Å². The topological polar surface area (TPSA) is 75.4 Å². The first-order chi connectivity index (χ1) is 9.82. The molecule has 2 aromatic rings. The van der Waals surface area contributed by atoms with E-state index in [0.717, 1.165) is 0 Å². The van der Waals surface area contributed by atoms with Gasteiger partial charge in [0.05, 0.1) is 11.9 Å². The smallest absolute Gasteiger partial charge is 0.244 e. The van der Waals surface area contributed by atoms with Crippen LogP contribution in [0.4, 0.5) is 5.69 Å². The average Bonchev–Trinajstić information content (AvgIpc) is 2.86. The van der Waals surface area contributed by atoms with Crippen molar-refractivity contribution in [3.8, 4) is 0 Å². The van der Waals surface area contributed by atoms with Gasteiger partial charge >= 0.3 is 0 Å². The molecule has 1 unspecified atom stereocenters. The van der Waals surface area contributed by atoms with Crippen LogP contribution >= 0.6 is 0 Å². The van der Waals surface area contributed by atoms with Crippen molar-refractivity contribution in [1.29, 1.82) is 0 Å². The highest BCUT2D eigenvalue weighted by Crippen LogP contribution is 2.27. The minimum Gasteiger partial charge on any atom is -0.444 e. The number of nitrogens with one attached hydrogen (secondary N) is 1. The summed E-state index contributed by atoms with van der Waals surface area (Å²) in [6.07, 6.45) is 1.63. The fraction of sp³-hybridized carbons (Fsp3) is 0.357. The third kappa shape index (κ3) is 3.25. The lowest BCUT2D eigenvalue weighted by molar-refractivity contribution is 0.453. The lowest BCUT2D eigenvalue weighted by Gasteiger charge is -2.18. The molecule has 2 rings (SSSR count). The van der Waals surface area contributed by atoms with Gasteiger partial charge in [-0.2, -0.15) is 0 Å². The van der Waals surface area contributed by atoms with Crippen LogP contribution in [0.5, 0.6) is 0 Å². The minimum atomic E-state index is -3.51. The van der Waals surface area contributed by atoms with E-state index in [1.165, 1.54) is 18.4 Å². The van der Waals surface area contributed by atoms with Crippen LogP contribution in [0.2, 0.25) is 0 Å². The van der Waals surface area contributed by atoms with Crippen LogP contribution in [0.25, 0.3) is 0 Å². The van der Waals surface area contributed by atoms with E-state index in [4.69, 9.17) is 4.42 Å². The van der Waals surface area contributed by atoms with Gasteiger partial charge in [-0.3, -0.25) is 0 Å². The molecule has 1 N–H and O–H groups in total. The van der Waals surface area contributed by atoms with Gasteiger partial charge in [-0.05, 0) is 26.0 Å². The standard InChI is InChI=1S/C14H19N3O3S/c1-10-9-15-14(20-10)11(2)16-12-7-5-6-8-13(12)21(18,19)17(3)4/h5-9,11,16H,1-4H3. The van der Waals surface area contributed by atoms with E-state index in [0.29, 0.717) is 17.3 Å². The molecule has 0 bridgehead atoms. The maximum atomic E-state index is 12.3. The second-order valence-electron chi connectivity index (χ2n) is 4.96. The third-order valence-electron chi connectivity index (χ3n) is 3.03. The second-order valence-corrected chi connectivity index (χ2v) is 7.08. The monoisotopic (exact) mass is 309 g/mol. The molecular formula is C14H19N3O3S. The maximum absolute atomic E-state index is 12.3. The Morgan fingerprint density at radius 3 is 2.52 bits per heavy atom. The highest BCUT2D eigenvalue weighted by atomic mass is 32.2. The summed E-state index contributed by atoms with van der Waals surface area (Å²) in [7, 11) is -0.496. The zero-order chi connectivity index (χ0) is 15.6. The van der Waals surface area contributed by atoms with Crippen molar-refractivity contribution in [2.24, 2.45) is 0 Å². The molecule has 0 amide bonds. The number of sulfonamides is 1. The van der Waals surface area contributed by atoms with Crippen LogP contribution in [0, 0.1) is 6.92 Å². The summed E-state index contributed by atoms with van der Waals surface area (Å²) in [6.45, 7) is 3.68. The number of para-hydroxylation sites is 1. The number of oxazole rings is 1. The van der Waals surface area contributed by atoms with Crippen molar-refractivity contribution in [3.63, 3.8) is 0 Å². The molecule has 0 aliphatic heterocycles. The number of anilines is 1. The lowest BCUT2D eigenvalue weighted by atomic mass is 10.2. The summed E-state index contributed by atoms with van der Waals surface area (Å²) < 4.78 is 31.3. The van der Waals surface area contributed by atoms with Gasteiger partial charge in [-0.15, -0.1) is 0 Å². The molecule has 0 saturated carbocycles. The Balaban J connectivity index is 2.33. The van der Waals surface area contributed by atoms with Crippen LogP contribution in [0.1, 0.15) is 24.6 Å². The molecule has 1 aromatic carbocycles. The zero-order valence-electron chi connectivity index (χ0n) is 12.5. The van der Waals surface area contributed by atoms with Gasteiger partial charge in [-0.1, -0.05) is 12.1 Å². The van der Waals surface area contributed by atoms with E-state index in [2.05, 4.69) is 10.3 Å². The van der Waals surface area contributed by atoms with Gasteiger partial charge in [0.25, 0.3) is 0 Å². The summed E-state index contributed by atoms with van der Waals surface area (Å²) in [5, 5.41) is 3.14. The summed E-state index contributed by atoms with van der Waals surface area (Å²) >= 11 is 0. The summed E-state index contributed by atoms with van der Waals surface area (Å²) in [6, 6.07) is 6.54. The summed E-state index contributed by atoms with van der Waals surface area (Å²) in [5.41, 5.74) is 0.523. The number of aromatic nitrogens is 1. The molecule has 6 nitrogen and oxygen atoms in total. The Labute approximate surface area is 124 Å². The van der Waals surface area contributed by atoms with Crippen LogP contribution in [0.15, 0.2) is 39.8 Å². The molecule has 7 heteroatoms. The van der Waals surface area contributed by atoms with Crippen molar-refractivity contribution in [1.82, 2.24) is 9.29 Å². The van der Waals surface area contributed by atoms with Crippen LogP contribution < -0.4 is 5.32 Å². The van der Waals surface area contributed by atoms with Gasteiger partial charge in [0.15, 0.2) is 0 Å². The van der Waals surface area contributed by atoms with Gasteiger partial charge in [0.1, 0.15) is 16.7 Å². The van der Waals surface area contributed by atoms with Crippen LogP contribution in [0.3, 0.4) is 0 Å². The Kier molecular flexibility index (Phi) is 4.34. The van der Waals surface area contributed by atoms with Crippen molar-refractivity contribution < 1.29 is 12.8 Å². The maximum Gasteiger partial charge on any atom is 0.244 e. The first-order valence-electron chi connectivity index (χ1n) is 6.53. The number of aryl methyl sites for hydroxylation is 1. The van der Waals surface area contributed by atoms with Gasteiger partial charge < -0.3 is 9.73 Å². The lowest BCUT2D eigenvalue weighted by Crippen LogP contribution is -2.23. The third-order valence-corrected chi connectivity index (χ3v) is 4.90. The molecule has 1 atom stereocenters. The Bertz CT molecular complexity index is 723. The SMILES string of the molecule is Cc1cnc(C(C)Nc2ccccc2S(=O)(=O)N(C)C)o1. The van der Waals surface area contributed by atoms with Gasteiger partial charge in [-0.25, -0.2) is 17.7 Å². The van der Waals surface area contributed by atoms with Gasteiger partial charge in [0, 0.05) is 14.1 Å². The van der Waals surface area contributed by atoms with E-state index in [9.17, 15) is 8.42 Å². The number of benzene rings is 1. The highest BCUT2D eigenvalue weighted by Gasteiger charge is 2.22. The molecule has 114 valence electrons. The molecule has 1 aromatic heterocycles. The van der Waals surface area contributed by atoms with E-state index < -0.39 is 10.0 Å². The molecular weight excluding hydrogens is 290 g/mol. The number of nitrogens with zero attached hydrogens (tertiary/aromatic N) is 2. The molecule has 21 heavy (non-hydrogen) atoms. The fourth-order valence-corrected chi connectivity index (χ4v) is 2.92. The summed E-state index contributed by atoms with van der Waals surface area (Å²) in [5.74, 6) is 1.23. The van der Waals surface area contributed by atoms with E-state index >= 15 is 0 Å². The van der Waals surface area contributed by atoms with E-state index in [1.54, 1.807) is 30.5 Å². The second kappa shape index (κ2) is 5.87. The summed E-state index contributed by atoms with van der Waals surface area (Å²) in [4.78, 5) is 4.38. The van der Waals surface area contributed by atoms with Crippen LogP contribution in [-0.2, 0) is 10.0 Å². The normalized spacial score (nSPS) is 13.4. The number of hydrogen-bond donors (Lipinski definition) is 1. The number of rotatable bonds is 5. The average molecular weight is 309 g/mol. The Hall–Kier alpha value is -1.86. The molecule has 0 aliphatic rings. The molecule has 1 heterocycles. The van der Waals surface area contributed by atoms with Crippen molar-refractivity contribution in [3.05, 3.63) is 42.1 Å². The quantitative estimate of drug-likeness (QED) is 0.918. The molecule has 0 radical (unpaired) electrons. The fourth-order valence-electron chi connectivity index (χ4n) is 1.87. The van der Waals surface area contributed by atoms with Gasteiger partial charge in [0.2, 0.25) is 15.9 Å². The van der Waals surface area contributed by atoms with E-state index in [1.807, 2.05) is 13.8 Å². The zero-order valence-corrected chi connectivity index (χ0v) is 13.3. The Morgan fingerprint density at radius 2 is 1.95 bits per heavy atom. The Morgan fingerprint density at radius 1 is 1.29 bits per heavy atom. The highest BCUT2D eigenvalue weighted by molar-refractivity contribution is 7.89. The molecule has 0 fully saturated rings. The predicted octanol–water partition coefficient (Wildman–Crippen LogP) is 2.41. The molecule has 0 saturated heterocycles.